The first-order valence-corrected chi connectivity index (χ1v) is 14.7. The molecule has 0 atom stereocenters. The second-order valence-electron chi connectivity index (χ2n) is 10.1. The van der Waals surface area contributed by atoms with E-state index >= 15 is 0 Å². The molecule has 0 unspecified atom stereocenters. The largest absolute Gasteiger partial charge is 0.490 e. The summed E-state index contributed by atoms with van der Waals surface area (Å²) >= 11 is 0. The van der Waals surface area contributed by atoms with Crippen LogP contribution in [0.1, 0.15) is 43.9 Å². The summed E-state index contributed by atoms with van der Waals surface area (Å²) in [6, 6.07) is 14.2. The summed E-state index contributed by atoms with van der Waals surface area (Å²) in [5.41, 5.74) is 3.11. The lowest BCUT2D eigenvalue weighted by molar-refractivity contribution is -0.122. The third kappa shape index (κ3) is 7.80. The maximum absolute atomic E-state index is 13.5. The van der Waals surface area contributed by atoms with Crippen LogP contribution in [0.2, 0.25) is 0 Å². The van der Waals surface area contributed by atoms with Crippen molar-refractivity contribution in [2.24, 2.45) is 0 Å². The van der Waals surface area contributed by atoms with Crippen LogP contribution in [0, 0.1) is 13.8 Å². The number of amides is 5. The van der Waals surface area contributed by atoms with Crippen LogP contribution >= 0.6 is 0 Å². The minimum atomic E-state index is -0.885. The van der Waals surface area contributed by atoms with Gasteiger partial charge in [0, 0.05) is 11.8 Å². The molecule has 4 rings (SSSR count). The van der Waals surface area contributed by atoms with Crippen molar-refractivity contribution in [2.45, 2.75) is 41.0 Å². The van der Waals surface area contributed by atoms with E-state index in [1.807, 2.05) is 45.9 Å². The molecule has 5 amide bonds. The number of urea groups is 1. The zero-order valence-corrected chi connectivity index (χ0v) is 26.0. The van der Waals surface area contributed by atoms with Gasteiger partial charge in [0.1, 0.15) is 5.57 Å². The van der Waals surface area contributed by atoms with E-state index < -0.39 is 17.8 Å². The lowest BCUT2D eigenvalue weighted by Crippen LogP contribution is -2.54. The topological polar surface area (TPSA) is 132 Å². The van der Waals surface area contributed by atoms with Crippen molar-refractivity contribution in [3.05, 3.63) is 76.9 Å². The summed E-state index contributed by atoms with van der Waals surface area (Å²) in [6.07, 6.45) is 2.15. The number of barbiturate groups is 1. The lowest BCUT2D eigenvalue weighted by Gasteiger charge is -2.27. The maximum atomic E-state index is 13.5. The van der Waals surface area contributed by atoms with E-state index in [2.05, 4.69) is 10.6 Å². The van der Waals surface area contributed by atoms with Gasteiger partial charge in [-0.3, -0.25) is 19.7 Å². The van der Waals surface area contributed by atoms with Gasteiger partial charge in [-0.05, 0) is 87.2 Å². The van der Waals surface area contributed by atoms with E-state index in [0.717, 1.165) is 22.4 Å². The standard InChI is InChI=1S/C34H37N3O8/c1-6-16-44-27-15-13-24(19-30(27)43-8-3)37-33(40)25(32(39)36-34(37)41)17-23-12-14-28(29(18-23)42-7-2)45-20-31(38)35-26-11-9-10-21(4)22(26)5/h9-15,17-19H,6-8,16,20H2,1-5H3,(H,35,38)(H,36,39,41)/b25-17+. The molecule has 0 saturated carbocycles. The summed E-state index contributed by atoms with van der Waals surface area (Å²) in [7, 11) is 0. The summed E-state index contributed by atoms with van der Waals surface area (Å²) in [6.45, 7) is 10.3. The Balaban J connectivity index is 1.55. The highest BCUT2D eigenvalue weighted by Crippen LogP contribution is 2.34. The Hall–Kier alpha value is -5.32. The van der Waals surface area contributed by atoms with Gasteiger partial charge in [-0.2, -0.15) is 0 Å². The van der Waals surface area contributed by atoms with Crippen molar-refractivity contribution in [2.75, 3.05) is 36.6 Å². The minimum Gasteiger partial charge on any atom is -0.490 e. The van der Waals surface area contributed by atoms with Crippen molar-refractivity contribution in [1.82, 2.24) is 5.32 Å². The van der Waals surface area contributed by atoms with Crippen molar-refractivity contribution in [3.63, 3.8) is 0 Å². The Morgan fingerprint density at radius 3 is 2.24 bits per heavy atom. The Morgan fingerprint density at radius 2 is 1.53 bits per heavy atom. The van der Waals surface area contributed by atoms with Crippen LogP contribution in [0.15, 0.2) is 60.2 Å². The van der Waals surface area contributed by atoms with E-state index in [0.29, 0.717) is 54.1 Å². The van der Waals surface area contributed by atoms with Gasteiger partial charge in [0.2, 0.25) is 0 Å². The van der Waals surface area contributed by atoms with E-state index in [4.69, 9.17) is 18.9 Å². The van der Waals surface area contributed by atoms with E-state index in [1.54, 1.807) is 37.3 Å². The van der Waals surface area contributed by atoms with Crippen LogP contribution in [0.25, 0.3) is 6.08 Å². The molecule has 3 aromatic carbocycles. The molecule has 1 heterocycles. The van der Waals surface area contributed by atoms with Gasteiger partial charge in [0.05, 0.1) is 25.5 Å². The zero-order valence-electron chi connectivity index (χ0n) is 26.0. The fourth-order valence-electron chi connectivity index (χ4n) is 4.51. The molecule has 3 aromatic rings. The number of benzene rings is 3. The van der Waals surface area contributed by atoms with Crippen molar-refractivity contribution >= 4 is 41.2 Å². The van der Waals surface area contributed by atoms with Gasteiger partial charge in [-0.15, -0.1) is 0 Å². The SMILES string of the molecule is CCCOc1ccc(N2C(=O)NC(=O)/C(=C\c3ccc(OCC(=O)Nc4cccc(C)c4C)c(OCC)c3)C2=O)cc1OCC. The quantitative estimate of drug-likeness (QED) is 0.188. The molecule has 1 saturated heterocycles. The second-order valence-corrected chi connectivity index (χ2v) is 10.1. The number of carbonyl (C=O) groups is 4. The van der Waals surface area contributed by atoms with Gasteiger partial charge in [0.15, 0.2) is 29.6 Å². The molecule has 11 nitrogen and oxygen atoms in total. The maximum Gasteiger partial charge on any atom is 0.335 e. The first-order chi connectivity index (χ1) is 21.7. The molecule has 236 valence electrons. The lowest BCUT2D eigenvalue weighted by atomic mass is 10.1. The van der Waals surface area contributed by atoms with Crippen molar-refractivity contribution in [1.29, 1.82) is 0 Å². The smallest absolute Gasteiger partial charge is 0.335 e. The Bertz CT molecular complexity index is 1630. The number of ether oxygens (including phenoxy) is 4. The zero-order chi connectivity index (χ0) is 32.5. The van der Waals surface area contributed by atoms with E-state index in [1.165, 1.54) is 12.1 Å². The molecule has 2 N–H and O–H groups in total. The van der Waals surface area contributed by atoms with E-state index in [-0.39, 0.29) is 23.8 Å². The van der Waals surface area contributed by atoms with Gasteiger partial charge in [-0.25, -0.2) is 9.69 Å². The monoisotopic (exact) mass is 615 g/mol. The summed E-state index contributed by atoms with van der Waals surface area (Å²) < 4.78 is 22.9. The fourth-order valence-corrected chi connectivity index (χ4v) is 4.51. The normalized spacial score (nSPS) is 13.8. The van der Waals surface area contributed by atoms with Gasteiger partial charge in [0.25, 0.3) is 17.7 Å². The molecule has 0 bridgehead atoms. The van der Waals surface area contributed by atoms with Crippen LogP contribution in [0.4, 0.5) is 16.2 Å². The number of hydrogen-bond donors (Lipinski definition) is 2. The average Bonchev–Trinajstić information content (AvgIpc) is 3.01. The summed E-state index contributed by atoms with van der Waals surface area (Å²) in [5.74, 6) is -0.527. The van der Waals surface area contributed by atoms with Crippen molar-refractivity contribution in [3.8, 4) is 23.0 Å². The predicted molar refractivity (Wildman–Crippen MR) is 170 cm³/mol. The number of carbonyl (C=O) groups excluding carboxylic acids is 4. The van der Waals surface area contributed by atoms with E-state index in [9.17, 15) is 19.2 Å². The number of nitrogens with zero attached hydrogens (tertiary/aromatic N) is 1. The third-order valence-corrected chi connectivity index (χ3v) is 6.86. The van der Waals surface area contributed by atoms with Crippen molar-refractivity contribution < 1.29 is 38.1 Å². The number of nitrogens with one attached hydrogen (secondary N) is 2. The number of aryl methyl sites for hydroxylation is 1. The second kappa shape index (κ2) is 14.9. The van der Waals surface area contributed by atoms with Gasteiger partial charge < -0.3 is 24.3 Å². The average molecular weight is 616 g/mol. The highest BCUT2D eigenvalue weighted by molar-refractivity contribution is 6.39. The molecule has 0 spiro atoms. The van der Waals surface area contributed by atoms with Crippen LogP contribution in [-0.2, 0) is 14.4 Å². The molecule has 45 heavy (non-hydrogen) atoms. The third-order valence-electron chi connectivity index (χ3n) is 6.86. The van der Waals surface area contributed by atoms with Crippen LogP contribution < -0.4 is 34.5 Å². The van der Waals surface area contributed by atoms with Gasteiger partial charge in [-0.1, -0.05) is 25.1 Å². The molecule has 0 aromatic heterocycles. The highest BCUT2D eigenvalue weighted by Gasteiger charge is 2.37. The highest BCUT2D eigenvalue weighted by atomic mass is 16.5. The fraction of sp³-hybridized carbons (Fsp3) is 0.294. The Kier molecular flexibility index (Phi) is 10.8. The predicted octanol–water partition coefficient (Wildman–Crippen LogP) is 5.57. The molecule has 0 aliphatic carbocycles. The molecule has 1 fully saturated rings. The molecular formula is C34H37N3O8. The molecule has 1 aliphatic rings. The molecule has 1 aliphatic heterocycles. The molecule has 0 radical (unpaired) electrons. The number of hydrogen-bond acceptors (Lipinski definition) is 8. The van der Waals surface area contributed by atoms with Crippen LogP contribution in [0.3, 0.4) is 0 Å². The number of anilines is 2. The molecular weight excluding hydrogens is 578 g/mol. The Morgan fingerprint density at radius 1 is 0.844 bits per heavy atom. The van der Waals surface area contributed by atoms with Crippen LogP contribution in [-0.4, -0.2) is 50.2 Å². The van der Waals surface area contributed by atoms with Crippen LogP contribution in [0.5, 0.6) is 23.0 Å². The number of rotatable bonds is 13. The first kappa shape index (κ1) is 32.6. The summed E-state index contributed by atoms with van der Waals surface area (Å²) in [5, 5.41) is 5.08. The summed E-state index contributed by atoms with van der Waals surface area (Å²) in [4.78, 5) is 52.6. The Labute approximate surface area is 262 Å². The minimum absolute atomic E-state index is 0.209. The molecule has 11 heteroatoms. The number of imide groups is 2. The van der Waals surface area contributed by atoms with Gasteiger partial charge >= 0.3 is 6.03 Å². The first-order valence-electron chi connectivity index (χ1n) is 14.7.